The second-order valence-electron chi connectivity index (χ2n) is 5.73. The van der Waals surface area contributed by atoms with E-state index in [1.165, 1.54) is 0 Å². The Balaban J connectivity index is 2.02. The van der Waals surface area contributed by atoms with Crippen molar-refractivity contribution in [3.8, 4) is 11.5 Å². The van der Waals surface area contributed by atoms with Crippen LogP contribution in [-0.2, 0) is 19.0 Å². The second-order valence-corrected chi connectivity index (χ2v) is 5.73. The molecule has 126 valence electrons. The molecule has 0 saturated heterocycles. The first-order chi connectivity index (χ1) is 11.3. The van der Waals surface area contributed by atoms with Gasteiger partial charge < -0.3 is 4.74 Å². The van der Waals surface area contributed by atoms with E-state index in [0.29, 0.717) is 11.8 Å². The van der Waals surface area contributed by atoms with Crippen molar-refractivity contribution in [1.29, 1.82) is 0 Å². The number of nitrogens with zero attached hydrogens (tertiary/aromatic N) is 1. The summed E-state index contributed by atoms with van der Waals surface area (Å²) in [7, 11) is 0. The molecular formula is C17H14F3NO3. The fourth-order valence-corrected chi connectivity index (χ4v) is 2.99. The van der Waals surface area contributed by atoms with Crippen LogP contribution in [0.4, 0.5) is 18.9 Å². The molecule has 0 atom stereocenters. The van der Waals surface area contributed by atoms with E-state index in [0.717, 1.165) is 48.1 Å². The minimum atomic E-state index is -4.64. The lowest BCUT2D eigenvalue weighted by Gasteiger charge is -2.13. The molecule has 0 amide bonds. The van der Waals surface area contributed by atoms with Crippen molar-refractivity contribution in [1.82, 2.24) is 0 Å². The lowest BCUT2D eigenvalue weighted by Crippen LogP contribution is -2.06. The van der Waals surface area contributed by atoms with Crippen molar-refractivity contribution in [2.45, 2.75) is 32.4 Å². The number of rotatable bonds is 3. The topological polar surface area (TPSA) is 52.4 Å². The maximum Gasteiger partial charge on any atom is 0.416 e. The molecule has 0 heterocycles. The average molecular weight is 337 g/mol. The third kappa shape index (κ3) is 2.93. The molecular weight excluding hydrogens is 323 g/mol. The van der Waals surface area contributed by atoms with Crippen molar-refractivity contribution < 1.29 is 22.8 Å². The van der Waals surface area contributed by atoms with Gasteiger partial charge in [-0.25, -0.2) is 0 Å². The van der Waals surface area contributed by atoms with Crippen LogP contribution in [0.25, 0.3) is 0 Å². The SMILES string of the molecule is Cc1ccc(Oc2ccc(C(F)(F)F)cc2[N+](=O)[O-])c2c1CCC2. The Hall–Kier alpha value is -2.57. The maximum absolute atomic E-state index is 12.8. The highest BCUT2D eigenvalue weighted by molar-refractivity contribution is 5.54. The standard InChI is InChI=1S/C17H14F3NO3/c1-10-5-7-15(13-4-2-3-12(10)13)24-16-8-6-11(17(18,19)20)9-14(16)21(22)23/h5-9H,2-4H2,1H3. The van der Waals surface area contributed by atoms with Crippen molar-refractivity contribution in [2.75, 3.05) is 0 Å². The Morgan fingerprint density at radius 2 is 1.75 bits per heavy atom. The number of ether oxygens (including phenoxy) is 1. The molecule has 0 fully saturated rings. The van der Waals surface area contributed by atoms with Crippen molar-refractivity contribution in [3.05, 3.63) is 62.7 Å². The van der Waals surface area contributed by atoms with Gasteiger partial charge in [0.1, 0.15) is 5.75 Å². The quantitative estimate of drug-likeness (QED) is 0.571. The van der Waals surface area contributed by atoms with Gasteiger partial charge in [0.2, 0.25) is 5.75 Å². The van der Waals surface area contributed by atoms with Crippen LogP contribution in [0, 0.1) is 17.0 Å². The number of benzene rings is 2. The number of nitro benzene ring substituents is 1. The molecule has 24 heavy (non-hydrogen) atoms. The van der Waals surface area contributed by atoms with Crippen molar-refractivity contribution in [2.24, 2.45) is 0 Å². The molecule has 4 nitrogen and oxygen atoms in total. The molecule has 0 bridgehead atoms. The van der Waals surface area contributed by atoms with Crippen LogP contribution in [0.15, 0.2) is 30.3 Å². The number of hydrogen-bond donors (Lipinski definition) is 0. The predicted octanol–water partition coefficient (Wildman–Crippen LogP) is 5.20. The molecule has 7 heteroatoms. The van der Waals surface area contributed by atoms with Crippen LogP contribution < -0.4 is 4.74 Å². The molecule has 1 aliphatic rings. The highest BCUT2D eigenvalue weighted by Gasteiger charge is 2.33. The van der Waals surface area contributed by atoms with E-state index >= 15 is 0 Å². The van der Waals surface area contributed by atoms with Crippen molar-refractivity contribution >= 4 is 5.69 Å². The Morgan fingerprint density at radius 1 is 1.08 bits per heavy atom. The molecule has 0 aromatic heterocycles. The molecule has 2 aromatic carbocycles. The number of nitro groups is 1. The van der Waals surface area contributed by atoms with Gasteiger partial charge in [-0.1, -0.05) is 6.07 Å². The summed E-state index contributed by atoms with van der Waals surface area (Å²) < 4.78 is 43.9. The molecule has 0 N–H and O–H groups in total. The van der Waals surface area contributed by atoms with Crippen LogP contribution in [0.5, 0.6) is 11.5 Å². The van der Waals surface area contributed by atoms with Gasteiger partial charge >= 0.3 is 11.9 Å². The zero-order chi connectivity index (χ0) is 17.5. The van der Waals surface area contributed by atoms with Crippen LogP contribution in [0.3, 0.4) is 0 Å². The molecule has 0 spiro atoms. The van der Waals surface area contributed by atoms with Gasteiger partial charge in [-0.3, -0.25) is 10.1 Å². The first-order valence-corrected chi connectivity index (χ1v) is 7.42. The van der Waals surface area contributed by atoms with Gasteiger partial charge in [0.15, 0.2) is 0 Å². The van der Waals surface area contributed by atoms with Crippen LogP contribution in [0.1, 0.15) is 28.7 Å². The fraction of sp³-hybridized carbons (Fsp3) is 0.294. The van der Waals surface area contributed by atoms with Gasteiger partial charge in [0.25, 0.3) is 0 Å². The van der Waals surface area contributed by atoms with Crippen LogP contribution in [-0.4, -0.2) is 4.92 Å². The summed E-state index contributed by atoms with van der Waals surface area (Å²) >= 11 is 0. The minimum Gasteiger partial charge on any atom is -0.450 e. The summed E-state index contributed by atoms with van der Waals surface area (Å²) in [6.45, 7) is 1.98. The molecule has 2 aromatic rings. The molecule has 0 unspecified atom stereocenters. The van der Waals surface area contributed by atoms with Gasteiger partial charge in [0, 0.05) is 6.07 Å². The third-order valence-electron chi connectivity index (χ3n) is 4.18. The Morgan fingerprint density at radius 3 is 2.42 bits per heavy atom. The van der Waals surface area contributed by atoms with Gasteiger partial charge in [-0.15, -0.1) is 0 Å². The number of hydrogen-bond acceptors (Lipinski definition) is 3. The maximum atomic E-state index is 12.8. The summed E-state index contributed by atoms with van der Waals surface area (Å²) in [5.41, 5.74) is 1.48. The predicted molar refractivity (Wildman–Crippen MR) is 81.4 cm³/mol. The van der Waals surface area contributed by atoms with Crippen molar-refractivity contribution in [3.63, 3.8) is 0 Å². The minimum absolute atomic E-state index is 0.189. The highest BCUT2D eigenvalue weighted by Crippen LogP contribution is 2.40. The van der Waals surface area contributed by atoms with E-state index in [2.05, 4.69) is 0 Å². The van der Waals surface area contributed by atoms with E-state index in [4.69, 9.17) is 4.74 Å². The van der Waals surface area contributed by atoms with E-state index in [9.17, 15) is 23.3 Å². The Labute approximate surface area is 136 Å². The van der Waals surface area contributed by atoms with Crippen LogP contribution in [0.2, 0.25) is 0 Å². The first-order valence-electron chi connectivity index (χ1n) is 7.42. The summed E-state index contributed by atoms with van der Waals surface area (Å²) in [6, 6.07) is 5.86. The van der Waals surface area contributed by atoms with E-state index in [1.54, 1.807) is 6.07 Å². The summed E-state index contributed by atoms with van der Waals surface area (Å²) in [6.07, 6.45) is -1.98. The zero-order valence-corrected chi connectivity index (χ0v) is 12.8. The van der Waals surface area contributed by atoms with E-state index in [1.807, 2.05) is 13.0 Å². The van der Waals surface area contributed by atoms with E-state index < -0.39 is 22.4 Å². The largest absolute Gasteiger partial charge is 0.450 e. The smallest absolute Gasteiger partial charge is 0.416 e. The molecule has 0 aliphatic heterocycles. The number of halogens is 3. The van der Waals surface area contributed by atoms with Gasteiger partial charge in [-0.2, -0.15) is 13.2 Å². The summed E-state index contributed by atoms with van der Waals surface area (Å²) in [5.74, 6) is 0.280. The molecule has 0 saturated carbocycles. The number of fused-ring (bicyclic) bond motifs is 1. The monoisotopic (exact) mass is 337 g/mol. The summed E-state index contributed by atoms with van der Waals surface area (Å²) in [5, 5.41) is 11.1. The second kappa shape index (κ2) is 5.81. The number of alkyl halides is 3. The van der Waals surface area contributed by atoms with E-state index in [-0.39, 0.29) is 5.75 Å². The Bertz CT molecular complexity index is 815. The molecule has 0 radical (unpaired) electrons. The first kappa shape index (κ1) is 16.3. The normalized spacial score (nSPS) is 13.7. The van der Waals surface area contributed by atoms with Crippen LogP contribution >= 0.6 is 0 Å². The zero-order valence-electron chi connectivity index (χ0n) is 12.8. The highest BCUT2D eigenvalue weighted by atomic mass is 19.4. The third-order valence-corrected chi connectivity index (χ3v) is 4.18. The Kier molecular flexibility index (Phi) is 3.95. The average Bonchev–Trinajstić information content (AvgIpc) is 2.99. The lowest BCUT2D eigenvalue weighted by molar-refractivity contribution is -0.385. The molecule has 3 rings (SSSR count). The lowest BCUT2D eigenvalue weighted by atomic mass is 10.0. The fourth-order valence-electron chi connectivity index (χ4n) is 2.99. The number of aryl methyl sites for hydroxylation is 1. The van der Waals surface area contributed by atoms with Gasteiger partial charge in [0.05, 0.1) is 10.5 Å². The molecule has 1 aliphatic carbocycles. The summed E-state index contributed by atoms with van der Waals surface area (Å²) in [4.78, 5) is 10.3. The van der Waals surface area contributed by atoms with Gasteiger partial charge in [-0.05, 0) is 61.1 Å².